The molecule has 2 nitrogen and oxygen atoms in total. The van der Waals surface area contributed by atoms with E-state index in [1.165, 1.54) is 24.0 Å². The van der Waals surface area contributed by atoms with Crippen molar-refractivity contribution in [3.63, 3.8) is 0 Å². The SMILES string of the molecule is O=C(CSc1ccccc1Cl)c1cncc(F)c1. The van der Waals surface area contributed by atoms with E-state index in [1.54, 1.807) is 6.07 Å². The predicted octanol–water partition coefficient (Wildman–Crippen LogP) is 3.85. The maximum atomic E-state index is 12.9. The molecule has 0 bridgehead atoms. The Morgan fingerprint density at radius 2 is 2.11 bits per heavy atom. The predicted molar refractivity (Wildman–Crippen MR) is 70.7 cm³/mol. The largest absolute Gasteiger partial charge is 0.293 e. The molecular formula is C13H9ClFNOS. The molecule has 2 rings (SSSR count). The van der Waals surface area contributed by atoms with Crippen molar-refractivity contribution in [2.75, 3.05) is 5.75 Å². The Morgan fingerprint density at radius 1 is 1.33 bits per heavy atom. The summed E-state index contributed by atoms with van der Waals surface area (Å²) in [5, 5.41) is 0.604. The van der Waals surface area contributed by atoms with Crippen molar-refractivity contribution in [1.29, 1.82) is 0 Å². The highest BCUT2D eigenvalue weighted by atomic mass is 35.5. The second-order valence-corrected chi connectivity index (χ2v) is 4.96. The lowest BCUT2D eigenvalue weighted by atomic mass is 10.2. The number of halogens is 2. The molecule has 0 aliphatic rings. The molecule has 0 amide bonds. The molecule has 2 aromatic rings. The van der Waals surface area contributed by atoms with E-state index in [4.69, 9.17) is 11.6 Å². The quantitative estimate of drug-likeness (QED) is 0.630. The van der Waals surface area contributed by atoms with Gasteiger partial charge in [0, 0.05) is 16.7 Å². The highest BCUT2D eigenvalue weighted by Crippen LogP contribution is 2.27. The lowest BCUT2D eigenvalue weighted by molar-refractivity contribution is 0.102. The van der Waals surface area contributed by atoms with Gasteiger partial charge in [0.25, 0.3) is 0 Å². The van der Waals surface area contributed by atoms with Gasteiger partial charge in [0.15, 0.2) is 5.78 Å². The minimum atomic E-state index is -0.511. The zero-order chi connectivity index (χ0) is 13.0. The number of rotatable bonds is 4. The van der Waals surface area contributed by atoms with Crippen molar-refractivity contribution in [2.45, 2.75) is 4.90 Å². The van der Waals surface area contributed by atoms with Crippen molar-refractivity contribution in [3.8, 4) is 0 Å². The Labute approximate surface area is 113 Å². The van der Waals surface area contributed by atoms with Crippen molar-refractivity contribution in [1.82, 2.24) is 4.98 Å². The molecule has 92 valence electrons. The Bertz CT molecular complexity index is 576. The van der Waals surface area contributed by atoms with Gasteiger partial charge in [-0.3, -0.25) is 9.78 Å². The molecule has 0 saturated heterocycles. The fourth-order valence-corrected chi connectivity index (χ4v) is 2.49. The first-order chi connectivity index (χ1) is 8.66. The van der Waals surface area contributed by atoms with Gasteiger partial charge < -0.3 is 0 Å². The van der Waals surface area contributed by atoms with E-state index < -0.39 is 5.82 Å². The smallest absolute Gasteiger partial charge is 0.174 e. The normalized spacial score (nSPS) is 10.3. The van der Waals surface area contributed by atoms with Gasteiger partial charge >= 0.3 is 0 Å². The summed E-state index contributed by atoms with van der Waals surface area (Å²) < 4.78 is 12.9. The number of hydrogen-bond acceptors (Lipinski definition) is 3. The zero-order valence-electron chi connectivity index (χ0n) is 9.27. The van der Waals surface area contributed by atoms with Crippen LogP contribution in [0.5, 0.6) is 0 Å². The molecule has 0 radical (unpaired) electrons. The number of ketones is 1. The van der Waals surface area contributed by atoms with Crippen LogP contribution in [0.25, 0.3) is 0 Å². The summed E-state index contributed by atoms with van der Waals surface area (Å²) in [6, 6.07) is 8.46. The molecule has 1 heterocycles. The lowest BCUT2D eigenvalue weighted by Gasteiger charge is -2.03. The van der Waals surface area contributed by atoms with E-state index in [-0.39, 0.29) is 17.1 Å². The van der Waals surface area contributed by atoms with Crippen LogP contribution in [-0.4, -0.2) is 16.5 Å². The number of pyridine rings is 1. The van der Waals surface area contributed by atoms with Gasteiger partial charge in [-0.2, -0.15) is 0 Å². The second kappa shape index (κ2) is 5.98. The van der Waals surface area contributed by atoms with Gasteiger partial charge in [0.1, 0.15) is 5.82 Å². The number of benzene rings is 1. The number of Topliss-reactive ketones (excluding diaryl/α,β-unsaturated/α-hetero) is 1. The fourth-order valence-electron chi connectivity index (χ4n) is 1.35. The van der Waals surface area contributed by atoms with Crippen LogP contribution < -0.4 is 0 Å². The van der Waals surface area contributed by atoms with Gasteiger partial charge in [-0.05, 0) is 18.2 Å². The molecule has 0 fully saturated rings. The van der Waals surface area contributed by atoms with Gasteiger partial charge in [-0.25, -0.2) is 4.39 Å². The van der Waals surface area contributed by atoms with Crippen LogP contribution in [0, 0.1) is 5.82 Å². The van der Waals surface area contributed by atoms with E-state index in [0.29, 0.717) is 5.02 Å². The summed E-state index contributed by atoms with van der Waals surface area (Å²) in [4.78, 5) is 16.3. The number of carbonyl (C=O) groups excluding carboxylic acids is 1. The third-order valence-corrected chi connectivity index (χ3v) is 3.74. The molecule has 1 aromatic heterocycles. The van der Waals surface area contributed by atoms with Crippen LogP contribution in [-0.2, 0) is 0 Å². The molecule has 0 atom stereocenters. The molecule has 0 aliphatic carbocycles. The van der Waals surface area contributed by atoms with E-state index in [1.807, 2.05) is 18.2 Å². The Kier molecular flexibility index (Phi) is 4.33. The highest BCUT2D eigenvalue weighted by Gasteiger charge is 2.09. The van der Waals surface area contributed by atoms with Gasteiger partial charge in [-0.1, -0.05) is 23.7 Å². The first-order valence-corrected chi connectivity index (χ1v) is 6.54. The van der Waals surface area contributed by atoms with E-state index >= 15 is 0 Å². The molecule has 0 saturated carbocycles. The molecule has 1 aromatic carbocycles. The number of thioether (sulfide) groups is 1. The molecule has 0 spiro atoms. The third-order valence-electron chi connectivity index (χ3n) is 2.22. The van der Waals surface area contributed by atoms with E-state index in [0.717, 1.165) is 11.1 Å². The number of hydrogen-bond donors (Lipinski definition) is 0. The average Bonchev–Trinajstić information content (AvgIpc) is 2.37. The van der Waals surface area contributed by atoms with Crippen molar-refractivity contribution in [2.24, 2.45) is 0 Å². The summed E-state index contributed by atoms with van der Waals surface area (Å²) in [7, 11) is 0. The van der Waals surface area contributed by atoms with Crippen LogP contribution in [0.3, 0.4) is 0 Å². The molecule has 0 unspecified atom stereocenters. The summed E-state index contributed by atoms with van der Waals surface area (Å²) >= 11 is 7.30. The highest BCUT2D eigenvalue weighted by molar-refractivity contribution is 8.00. The Morgan fingerprint density at radius 3 is 2.83 bits per heavy atom. The van der Waals surface area contributed by atoms with E-state index in [2.05, 4.69) is 4.98 Å². The molecule has 5 heteroatoms. The minimum absolute atomic E-state index is 0.174. The van der Waals surface area contributed by atoms with Gasteiger partial charge in [-0.15, -0.1) is 11.8 Å². The standard InChI is InChI=1S/C13H9ClFNOS/c14-11-3-1-2-4-13(11)18-8-12(17)9-5-10(15)7-16-6-9/h1-7H,8H2. The molecular weight excluding hydrogens is 273 g/mol. The third kappa shape index (κ3) is 3.31. The average molecular weight is 282 g/mol. The monoisotopic (exact) mass is 281 g/mol. The fraction of sp³-hybridized carbons (Fsp3) is 0.0769. The number of nitrogens with zero attached hydrogens (tertiary/aromatic N) is 1. The minimum Gasteiger partial charge on any atom is -0.293 e. The summed E-state index contributed by atoms with van der Waals surface area (Å²) in [6.07, 6.45) is 2.43. The zero-order valence-corrected chi connectivity index (χ0v) is 10.8. The number of carbonyl (C=O) groups is 1. The topological polar surface area (TPSA) is 30.0 Å². The van der Waals surface area contributed by atoms with Gasteiger partial charge in [0.2, 0.25) is 0 Å². The van der Waals surface area contributed by atoms with Crippen molar-refractivity contribution < 1.29 is 9.18 Å². The summed E-state index contributed by atoms with van der Waals surface area (Å²) in [5.41, 5.74) is 0.273. The lowest BCUT2D eigenvalue weighted by Crippen LogP contribution is -2.03. The van der Waals surface area contributed by atoms with Crippen LogP contribution >= 0.6 is 23.4 Å². The maximum Gasteiger partial charge on any atom is 0.174 e. The van der Waals surface area contributed by atoms with Crippen LogP contribution in [0.4, 0.5) is 4.39 Å². The van der Waals surface area contributed by atoms with E-state index in [9.17, 15) is 9.18 Å². The summed E-state index contributed by atoms with van der Waals surface area (Å²) in [5.74, 6) is -0.481. The van der Waals surface area contributed by atoms with Gasteiger partial charge in [0.05, 0.1) is 17.0 Å². The second-order valence-electron chi connectivity index (χ2n) is 3.53. The number of aromatic nitrogens is 1. The molecule has 0 aliphatic heterocycles. The maximum absolute atomic E-state index is 12.9. The molecule has 18 heavy (non-hydrogen) atoms. The van der Waals surface area contributed by atoms with Crippen LogP contribution in [0.2, 0.25) is 5.02 Å². The van der Waals surface area contributed by atoms with Crippen LogP contribution in [0.1, 0.15) is 10.4 Å². The first-order valence-electron chi connectivity index (χ1n) is 5.18. The Hall–Kier alpha value is -1.39. The Balaban J connectivity index is 2.03. The van der Waals surface area contributed by atoms with Crippen molar-refractivity contribution in [3.05, 3.63) is 59.1 Å². The summed E-state index contributed by atoms with van der Waals surface area (Å²) in [6.45, 7) is 0. The van der Waals surface area contributed by atoms with Crippen LogP contribution in [0.15, 0.2) is 47.6 Å². The first kappa shape index (κ1) is 13.1. The van der Waals surface area contributed by atoms with Crippen molar-refractivity contribution >= 4 is 29.1 Å². The molecule has 0 N–H and O–H groups in total.